The number of amides is 1. The van der Waals surface area contributed by atoms with Gasteiger partial charge in [0.2, 0.25) is 5.91 Å². The Hall–Kier alpha value is -2.01. The van der Waals surface area contributed by atoms with E-state index >= 15 is 0 Å². The van der Waals surface area contributed by atoms with Crippen molar-refractivity contribution < 1.29 is 4.79 Å². The summed E-state index contributed by atoms with van der Waals surface area (Å²) < 4.78 is 0. The standard InChI is InChI=1S/C12H11N3OS/c13-9-3-1-2-4-10(9)17-11-6-5-8(7-15-11)12(14)16/h1-7H,13H2,(H2,14,16). The summed E-state index contributed by atoms with van der Waals surface area (Å²) in [6.45, 7) is 0. The van der Waals surface area contributed by atoms with Gasteiger partial charge in [-0.3, -0.25) is 4.79 Å². The largest absolute Gasteiger partial charge is 0.398 e. The number of primary amides is 1. The summed E-state index contributed by atoms with van der Waals surface area (Å²) in [5, 5.41) is 0.771. The van der Waals surface area contributed by atoms with Crippen LogP contribution in [0, 0.1) is 0 Å². The van der Waals surface area contributed by atoms with Gasteiger partial charge in [-0.25, -0.2) is 4.98 Å². The first-order valence-corrected chi connectivity index (χ1v) is 5.76. The number of hydrogen-bond donors (Lipinski definition) is 2. The van der Waals surface area contributed by atoms with E-state index < -0.39 is 5.91 Å². The Kier molecular flexibility index (Phi) is 3.30. The van der Waals surface area contributed by atoms with Gasteiger partial charge < -0.3 is 11.5 Å². The number of nitrogen functional groups attached to an aromatic ring is 1. The Balaban J connectivity index is 2.20. The zero-order valence-electron chi connectivity index (χ0n) is 8.96. The summed E-state index contributed by atoms with van der Waals surface area (Å²) in [6.07, 6.45) is 1.46. The van der Waals surface area contributed by atoms with Crippen molar-refractivity contribution in [3.63, 3.8) is 0 Å². The molecule has 17 heavy (non-hydrogen) atoms. The van der Waals surface area contributed by atoms with Crippen LogP contribution in [0.5, 0.6) is 0 Å². The average molecular weight is 245 g/mol. The second kappa shape index (κ2) is 4.88. The van der Waals surface area contributed by atoms with Crippen LogP contribution < -0.4 is 11.5 Å². The van der Waals surface area contributed by atoms with Crippen LogP contribution in [0.2, 0.25) is 0 Å². The lowest BCUT2D eigenvalue weighted by Crippen LogP contribution is -2.10. The number of benzene rings is 1. The van der Waals surface area contributed by atoms with Crippen LogP contribution in [-0.2, 0) is 0 Å². The Labute approximate surface area is 103 Å². The maximum atomic E-state index is 10.9. The highest BCUT2D eigenvalue weighted by molar-refractivity contribution is 7.99. The van der Waals surface area contributed by atoms with Crippen molar-refractivity contribution in [1.82, 2.24) is 4.98 Å². The molecule has 1 amide bonds. The third-order valence-corrected chi connectivity index (χ3v) is 3.20. The molecular formula is C12H11N3OS. The quantitative estimate of drug-likeness (QED) is 0.809. The normalized spacial score (nSPS) is 10.1. The zero-order chi connectivity index (χ0) is 12.3. The first-order valence-electron chi connectivity index (χ1n) is 4.95. The molecule has 1 aromatic heterocycles. The highest BCUT2D eigenvalue weighted by atomic mass is 32.2. The fraction of sp³-hybridized carbons (Fsp3) is 0. The zero-order valence-corrected chi connectivity index (χ0v) is 9.78. The number of aromatic nitrogens is 1. The molecule has 0 fully saturated rings. The van der Waals surface area contributed by atoms with Crippen molar-refractivity contribution in [3.05, 3.63) is 48.2 Å². The fourth-order valence-electron chi connectivity index (χ4n) is 1.27. The Morgan fingerprint density at radius 3 is 2.53 bits per heavy atom. The Morgan fingerprint density at radius 1 is 1.18 bits per heavy atom. The molecule has 0 bridgehead atoms. The van der Waals surface area contributed by atoms with Crippen LogP contribution in [0.4, 0.5) is 5.69 Å². The summed E-state index contributed by atoms with van der Waals surface area (Å²) in [7, 11) is 0. The highest BCUT2D eigenvalue weighted by Crippen LogP contribution is 2.30. The van der Waals surface area contributed by atoms with Crippen molar-refractivity contribution in [2.75, 3.05) is 5.73 Å². The number of rotatable bonds is 3. The second-order valence-corrected chi connectivity index (χ2v) is 4.45. The molecule has 0 saturated carbocycles. The van der Waals surface area contributed by atoms with Crippen LogP contribution in [0.3, 0.4) is 0 Å². The molecule has 0 spiro atoms. The number of anilines is 1. The van der Waals surface area contributed by atoms with E-state index in [0.29, 0.717) is 11.3 Å². The first-order chi connectivity index (χ1) is 8.16. The van der Waals surface area contributed by atoms with E-state index in [1.165, 1.54) is 18.0 Å². The molecule has 2 rings (SSSR count). The third kappa shape index (κ3) is 2.76. The minimum absolute atomic E-state index is 0.399. The van der Waals surface area contributed by atoms with Crippen LogP contribution in [0.25, 0.3) is 0 Å². The molecule has 4 N–H and O–H groups in total. The number of carbonyl (C=O) groups excluding carboxylic acids is 1. The van der Waals surface area contributed by atoms with Gasteiger partial charge in [0.15, 0.2) is 0 Å². The molecule has 0 radical (unpaired) electrons. The van der Waals surface area contributed by atoms with E-state index in [0.717, 1.165) is 9.92 Å². The van der Waals surface area contributed by atoms with Gasteiger partial charge in [-0.15, -0.1) is 0 Å². The summed E-state index contributed by atoms with van der Waals surface area (Å²) >= 11 is 1.45. The number of para-hydroxylation sites is 1. The molecule has 86 valence electrons. The van der Waals surface area contributed by atoms with Crippen molar-refractivity contribution in [1.29, 1.82) is 0 Å². The van der Waals surface area contributed by atoms with Gasteiger partial charge in [0, 0.05) is 16.8 Å². The fourth-order valence-corrected chi connectivity index (χ4v) is 2.07. The molecule has 0 aliphatic carbocycles. The first kappa shape index (κ1) is 11.5. The molecule has 2 aromatic rings. The Morgan fingerprint density at radius 2 is 1.94 bits per heavy atom. The second-order valence-electron chi connectivity index (χ2n) is 3.39. The molecule has 1 heterocycles. The van der Waals surface area contributed by atoms with E-state index in [1.807, 2.05) is 24.3 Å². The predicted molar refractivity (Wildman–Crippen MR) is 67.7 cm³/mol. The van der Waals surface area contributed by atoms with E-state index in [9.17, 15) is 4.79 Å². The van der Waals surface area contributed by atoms with Crippen molar-refractivity contribution in [2.24, 2.45) is 5.73 Å². The van der Waals surface area contributed by atoms with Gasteiger partial charge in [-0.05, 0) is 24.3 Å². The van der Waals surface area contributed by atoms with E-state index in [-0.39, 0.29) is 0 Å². The molecule has 0 aliphatic heterocycles. The molecule has 0 aliphatic rings. The maximum Gasteiger partial charge on any atom is 0.250 e. The van der Waals surface area contributed by atoms with Crippen LogP contribution >= 0.6 is 11.8 Å². The van der Waals surface area contributed by atoms with Crippen molar-refractivity contribution in [3.8, 4) is 0 Å². The van der Waals surface area contributed by atoms with E-state index in [1.54, 1.807) is 12.1 Å². The molecular weight excluding hydrogens is 234 g/mol. The monoisotopic (exact) mass is 245 g/mol. The van der Waals surface area contributed by atoms with E-state index in [2.05, 4.69) is 4.98 Å². The van der Waals surface area contributed by atoms with Gasteiger partial charge in [0.1, 0.15) is 5.03 Å². The van der Waals surface area contributed by atoms with Crippen molar-refractivity contribution in [2.45, 2.75) is 9.92 Å². The topological polar surface area (TPSA) is 82.0 Å². The van der Waals surface area contributed by atoms with Crippen molar-refractivity contribution >= 4 is 23.4 Å². The molecule has 1 aromatic carbocycles. The van der Waals surface area contributed by atoms with Gasteiger partial charge >= 0.3 is 0 Å². The highest BCUT2D eigenvalue weighted by Gasteiger charge is 2.04. The molecule has 0 unspecified atom stereocenters. The number of carbonyl (C=O) groups is 1. The third-order valence-electron chi connectivity index (χ3n) is 2.15. The number of nitrogens with zero attached hydrogens (tertiary/aromatic N) is 1. The lowest BCUT2D eigenvalue weighted by Gasteiger charge is -2.04. The van der Waals surface area contributed by atoms with Gasteiger partial charge in [0.25, 0.3) is 0 Å². The van der Waals surface area contributed by atoms with Gasteiger partial charge in [-0.1, -0.05) is 23.9 Å². The van der Waals surface area contributed by atoms with Crippen LogP contribution in [0.1, 0.15) is 10.4 Å². The smallest absolute Gasteiger partial charge is 0.250 e. The summed E-state index contributed by atoms with van der Waals surface area (Å²) in [6, 6.07) is 10.9. The van der Waals surface area contributed by atoms with E-state index in [4.69, 9.17) is 11.5 Å². The average Bonchev–Trinajstić information content (AvgIpc) is 2.33. The molecule has 0 atom stereocenters. The Bertz CT molecular complexity index is 540. The predicted octanol–water partition coefficient (Wildman–Crippen LogP) is 1.91. The van der Waals surface area contributed by atoms with Gasteiger partial charge in [0.05, 0.1) is 5.56 Å². The summed E-state index contributed by atoms with van der Waals surface area (Å²) in [5.41, 5.74) is 12.1. The maximum absolute atomic E-state index is 10.9. The lowest BCUT2D eigenvalue weighted by molar-refractivity contribution is 0.1000. The van der Waals surface area contributed by atoms with Crippen LogP contribution in [-0.4, -0.2) is 10.9 Å². The van der Waals surface area contributed by atoms with Crippen LogP contribution in [0.15, 0.2) is 52.5 Å². The SMILES string of the molecule is NC(=O)c1ccc(Sc2ccccc2N)nc1. The van der Waals surface area contributed by atoms with Gasteiger partial charge in [-0.2, -0.15) is 0 Å². The number of nitrogens with two attached hydrogens (primary N) is 2. The summed E-state index contributed by atoms with van der Waals surface area (Å²) in [4.78, 5) is 16.0. The minimum atomic E-state index is -0.478. The molecule has 4 nitrogen and oxygen atoms in total. The molecule has 0 saturated heterocycles. The minimum Gasteiger partial charge on any atom is -0.398 e. The summed E-state index contributed by atoms with van der Waals surface area (Å²) in [5.74, 6) is -0.478. The number of pyridine rings is 1. The molecule has 5 heteroatoms. The lowest BCUT2D eigenvalue weighted by atomic mass is 10.3. The number of hydrogen-bond acceptors (Lipinski definition) is 4.